The second-order valence-corrected chi connectivity index (χ2v) is 8.08. The number of nitrogens with one attached hydrogen (secondary N) is 1. The van der Waals surface area contributed by atoms with Crippen molar-refractivity contribution in [2.75, 3.05) is 35.3 Å². The van der Waals surface area contributed by atoms with Gasteiger partial charge in [-0.3, -0.25) is 9.59 Å². The molecule has 6 nitrogen and oxygen atoms in total. The van der Waals surface area contributed by atoms with Crippen molar-refractivity contribution in [2.45, 2.75) is 20.8 Å². The van der Waals surface area contributed by atoms with Gasteiger partial charge < -0.3 is 15.0 Å². The summed E-state index contributed by atoms with van der Waals surface area (Å²) < 4.78 is 5.43. The van der Waals surface area contributed by atoms with Crippen LogP contribution in [0.4, 0.5) is 17.1 Å². The summed E-state index contributed by atoms with van der Waals surface area (Å²) in [6.45, 7) is 8.03. The SMILES string of the molecule is CCN(CC)c1ccc(NC2=C(c3ccc(C)cc3)C(=O)N(c3ccccc3OC)C2=O)cc1. The summed E-state index contributed by atoms with van der Waals surface area (Å²) in [5.74, 6) is -0.351. The minimum absolute atomic E-state index is 0.246. The Balaban J connectivity index is 1.76. The molecule has 2 amide bonds. The topological polar surface area (TPSA) is 61.9 Å². The van der Waals surface area contributed by atoms with Crippen molar-refractivity contribution in [2.24, 2.45) is 0 Å². The molecule has 0 aliphatic carbocycles. The van der Waals surface area contributed by atoms with Crippen molar-refractivity contribution in [3.05, 3.63) is 89.6 Å². The summed E-state index contributed by atoms with van der Waals surface area (Å²) in [7, 11) is 1.52. The lowest BCUT2D eigenvalue weighted by Gasteiger charge is -2.21. The second kappa shape index (κ2) is 9.83. The summed E-state index contributed by atoms with van der Waals surface area (Å²) in [5, 5.41) is 3.23. The number of imide groups is 1. The number of rotatable bonds is 8. The number of anilines is 3. The first-order chi connectivity index (χ1) is 16.5. The zero-order chi connectivity index (χ0) is 24.2. The Morgan fingerprint density at radius 3 is 2.12 bits per heavy atom. The monoisotopic (exact) mass is 455 g/mol. The molecule has 1 aliphatic heterocycles. The number of para-hydroxylation sites is 2. The molecule has 1 heterocycles. The third kappa shape index (κ3) is 4.27. The second-order valence-electron chi connectivity index (χ2n) is 8.08. The smallest absolute Gasteiger partial charge is 0.282 e. The molecule has 0 saturated carbocycles. The van der Waals surface area contributed by atoms with Gasteiger partial charge in [0.25, 0.3) is 11.8 Å². The van der Waals surface area contributed by atoms with Crippen LogP contribution >= 0.6 is 0 Å². The summed E-state index contributed by atoms with van der Waals surface area (Å²) in [5.41, 5.74) is 4.59. The van der Waals surface area contributed by atoms with Gasteiger partial charge in [0.15, 0.2) is 0 Å². The third-order valence-corrected chi connectivity index (χ3v) is 6.02. The maximum absolute atomic E-state index is 13.6. The highest BCUT2D eigenvalue weighted by molar-refractivity contribution is 6.46. The highest BCUT2D eigenvalue weighted by Gasteiger charge is 2.41. The Morgan fingerprint density at radius 2 is 1.50 bits per heavy atom. The first-order valence-electron chi connectivity index (χ1n) is 11.4. The van der Waals surface area contributed by atoms with Gasteiger partial charge >= 0.3 is 0 Å². The highest BCUT2D eigenvalue weighted by Crippen LogP contribution is 2.37. The molecule has 0 atom stereocenters. The van der Waals surface area contributed by atoms with Gasteiger partial charge in [0.2, 0.25) is 0 Å². The fourth-order valence-corrected chi connectivity index (χ4v) is 4.16. The van der Waals surface area contributed by atoms with Crippen LogP contribution in [-0.4, -0.2) is 32.0 Å². The molecule has 34 heavy (non-hydrogen) atoms. The maximum Gasteiger partial charge on any atom is 0.282 e. The molecule has 1 aliphatic rings. The molecule has 3 aromatic carbocycles. The van der Waals surface area contributed by atoms with Crippen LogP contribution in [0.25, 0.3) is 5.57 Å². The minimum atomic E-state index is -0.419. The normalized spacial score (nSPS) is 13.5. The van der Waals surface area contributed by atoms with Gasteiger partial charge in [-0.05, 0) is 62.7 Å². The van der Waals surface area contributed by atoms with Gasteiger partial charge in [-0.2, -0.15) is 0 Å². The number of aryl methyl sites for hydroxylation is 1. The van der Waals surface area contributed by atoms with Crippen LogP contribution in [0.5, 0.6) is 5.75 Å². The largest absolute Gasteiger partial charge is 0.495 e. The van der Waals surface area contributed by atoms with Crippen LogP contribution in [0.15, 0.2) is 78.5 Å². The number of ether oxygens (including phenoxy) is 1. The van der Waals surface area contributed by atoms with Crippen molar-refractivity contribution < 1.29 is 14.3 Å². The Bertz CT molecular complexity index is 1230. The van der Waals surface area contributed by atoms with E-state index in [-0.39, 0.29) is 11.6 Å². The molecule has 3 aromatic rings. The zero-order valence-corrected chi connectivity index (χ0v) is 20.0. The van der Waals surface area contributed by atoms with Crippen LogP contribution in [0.3, 0.4) is 0 Å². The van der Waals surface area contributed by atoms with Gasteiger partial charge in [0.1, 0.15) is 11.4 Å². The first kappa shape index (κ1) is 23.1. The number of nitrogens with zero attached hydrogens (tertiary/aromatic N) is 2. The van der Waals surface area contributed by atoms with Crippen molar-refractivity contribution in [3.8, 4) is 5.75 Å². The number of methoxy groups -OCH3 is 1. The fourth-order valence-electron chi connectivity index (χ4n) is 4.16. The molecule has 0 saturated heterocycles. The predicted octanol–water partition coefficient (Wildman–Crippen LogP) is 5.25. The molecule has 0 aromatic heterocycles. The lowest BCUT2D eigenvalue weighted by atomic mass is 10.0. The van der Waals surface area contributed by atoms with Crippen LogP contribution < -0.4 is 19.9 Å². The molecule has 1 N–H and O–H groups in total. The highest BCUT2D eigenvalue weighted by atomic mass is 16.5. The van der Waals surface area contributed by atoms with Crippen LogP contribution in [-0.2, 0) is 9.59 Å². The van der Waals surface area contributed by atoms with E-state index >= 15 is 0 Å². The summed E-state index contributed by atoms with van der Waals surface area (Å²) in [6.07, 6.45) is 0. The molecule has 174 valence electrons. The molecule has 0 spiro atoms. The Labute approximate surface area is 200 Å². The van der Waals surface area contributed by atoms with Crippen molar-refractivity contribution >= 4 is 34.4 Å². The van der Waals surface area contributed by atoms with E-state index in [2.05, 4.69) is 24.1 Å². The minimum Gasteiger partial charge on any atom is -0.495 e. The van der Waals surface area contributed by atoms with E-state index in [4.69, 9.17) is 4.74 Å². The lowest BCUT2D eigenvalue weighted by molar-refractivity contribution is -0.120. The van der Waals surface area contributed by atoms with E-state index < -0.39 is 5.91 Å². The van der Waals surface area contributed by atoms with Crippen LogP contribution in [0.1, 0.15) is 25.0 Å². The van der Waals surface area contributed by atoms with Crippen LogP contribution in [0.2, 0.25) is 0 Å². The van der Waals surface area contributed by atoms with E-state index in [0.717, 1.165) is 30.0 Å². The standard InChI is InChI=1S/C28H29N3O3/c1-5-30(6-2)22-17-15-21(16-18-22)29-26-25(20-13-11-19(3)12-14-20)27(32)31(28(26)33)23-9-7-8-10-24(23)34-4/h7-18,29H,5-6H2,1-4H3. The summed E-state index contributed by atoms with van der Waals surface area (Å²) >= 11 is 0. The van der Waals surface area contributed by atoms with E-state index in [0.29, 0.717) is 22.6 Å². The van der Waals surface area contributed by atoms with E-state index in [1.54, 1.807) is 24.3 Å². The molecular formula is C28H29N3O3. The van der Waals surface area contributed by atoms with Gasteiger partial charge in [0, 0.05) is 24.5 Å². The zero-order valence-electron chi connectivity index (χ0n) is 20.0. The number of carbonyl (C=O) groups excluding carboxylic acids is 2. The van der Waals surface area contributed by atoms with Gasteiger partial charge in [0.05, 0.1) is 18.4 Å². The Kier molecular flexibility index (Phi) is 6.68. The molecule has 0 radical (unpaired) electrons. The molecular weight excluding hydrogens is 426 g/mol. The fraction of sp³-hybridized carbons (Fsp3) is 0.214. The average molecular weight is 456 g/mol. The molecule has 0 fully saturated rings. The third-order valence-electron chi connectivity index (χ3n) is 6.02. The van der Waals surface area contributed by atoms with E-state index in [1.807, 2.05) is 55.5 Å². The average Bonchev–Trinajstić information content (AvgIpc) is 3.10. The van der Waals surface area contributed by atoms with Gasteiger partial charge in [-0.25, -0.2) is 4.90 Å². The van der Waals surface area contributed by atoms with Crippen molar-refractivity contribution in [1.82, 2.24) is 0 Å². The van der Waals surface area contributed by atoms with Crippen molar-refractivity contribution in [1.29, 1.82) is 0 Å². The summed E-state index contributed by atoms with van der Waals surface area (Å²) in [4.78, 5) is 30.7. The van der Waals surface area contributed by atoms with E-state index in [9.17, 15) is 9.59 Å². The quantitative estimate of drug-likeness (QED) is 0.470. The number of hydrogen-bond donors (Lipinski definition) is 1. The van der Waals surface area contributed by atoms with Gasteiger partial charge in [-0.15, -0.1) is 0 Å². The van der Waals surface area contributed by atoms with Gasteiger partial charge in [-0.1, -0.05) is 42.0 Å². The summed E-state index contributed by atoms with van der Waals surface area (Å²) in [6, 6.07) is 22.5. The first-order valence-corrected chi connectivity index (χ1v) is 11.4. The molecule has 0 bridgehead atoms. The molecule has 0 unspecified atom stereocenters. The number of amides is 2. The number of hydrogen-bond acceptors (Lipinski definition) is 5. The van der Waals surface area contributed by atoms with Crippen molar-refractivity contribution in [3.63, 3.8) is 0 Å². The van der Waals surface area contributed by atoms with Crippen LogP contribution in [0, 0.1) is 6.92 Å². The molecule has 4 rings (SSSR count). The lowest BCUT2D eigenvalue weighted by Crippen LogP contribution is -2.32. The number of benzene rings is 3. The molecule has 6 heteroatoms. The Hall–Kier alpha value is -4.06. The number of carbonyl (C=O) groups is 2. The predicted molar refractivity (Wildman–Crippen MR) is 137 cm³/mol. The Morgan fingerprint density at radius 1 is 0.853 bits per heavy atom. The van der Waals surface area contributed by atoms with E-state index in [1.165, 1.54) is 12.0 Å². The maximum atomic E-state index is 13.6.